The number of hydrogen-bond donors (Lipinski definition) is 1. The van der Waals surface area contributed by atoms with Gasteiger partial charge in [0.05, 0.1) is 31.3 Å². The maximum absolute atomic E-state index is 9.70. The molecule has 0 aliphatic carbocycles. The fraction of sp³-hybridized carbons (Fsp3) is 0.533. The number of aliphatic hydroxyl groups is 1. The Balaban J connectivity index is 2.78. The second-order valence-corrected chi connectivity index (χ2v) is 5.17. The third-order valence-electron chi connectivity index (χ3n) is 2.96. The summed E-state index contributed by atoms with van der Waals surface area (Å²) < 4.78 is 10.8. The van der Waals surface area contributed by atoms with Gasteiger partial charge >= 0.3 is 0 Å². The van der Waals surface area contributed by atoms with Crippen LogP contribution in [0.1, 0.15) is 38.9 Å². The topological polar surface area (TPSA) is 62.5 Å². The van der Waals surface area contributed by atoms with Crippen LogP contribution in [-0.2, 0) is 0 Å². The molecule has 4 nitrogen and oxygen atoms in total. The molecule has 0 saturated heterocycles. The molecule has 1 N–H and O–H groups in total. The molecule has 0 aromatic heterocycles. The van der Waals surface area contributed by atoms with Gasteiger partial charge in [-0.05, 0) is 39.3 Å². The molecule has 1 unspecified atom stereocenters. The Morgan fingerprint density at radius 3 is 2.63 bits per heavy atom. The largest absolute Gasteiger partial charge is 0.497 e. The zero-order chi connectivity index (χ0) is 14.5. The van der Waals surface area contributed by atoms with Gasteiger partial charge in [-0.2, -0.15) is 5.26 Å². The lowest BCUT2D eigenvalue weighted by Crippen LogP contribution is -2.13. The monoisotopic (exact) mass is 263 g/mol. The highest BCUT2D eigenvalue weighted by Crippen LogP contribution is 2.30. The predicted molar refractivity (Wildman–Crippen MR) is 73.1 cm³/mol. The van der Waals surface area contributed by atoms with Gasteiger partial charge in [0.15, 0.2) is 0 Å². The molecule has 1 aromatic carbocycles. The molecule has 0 heterocycles. The van der Waals surface area contributed by atoms with E-state index < -0.39 is 11.5 Å². The van der Waals surface area contributed by atoms with Crippen LogP contribution in [0.5, 0.6) is 11.5 Å². The average Bonchev–Trinajstić information content (AvgIpc) is 2.38. The molecule has 0 saturated carbocycles. The van der Waals surface area contributed by atoms with Gasteiger partial charge < -0.3 is 14.6 Å². The van der Waals surface area contributed by atoms with Crippen LogP contribution in [0, 0.1) is 16.7 Å². The zero-order valence-corrected chi connectivity index (χ0v) is 11.9. The summed E-state index contributed by atoms with van der Waals surface area (Å²) in [6.45, 7) is 5.86. The van der Waals surface area contributed by atoms with Crippen molar-refractivity contribution in [2.24, 2.45) is 5.41 Å². The number of ether oxygens (including phenoxy) is 2. The molecule has 0 bridgehead atoms. The van der Waals surface area contributed by atoms with Gasteiger partial charge in [-0.25, -0.2) is 0 Å². The van der Waals surface area contributed by atoms with E-state index in [2.05, 4.69) is 6.07 Å². The summed E-state index contributed by atoms with van der Waals surface area (Å²) in [5, 5.41) is 18.7. The highest BCUT2D eigenvalue weighted by Gasteiger charge is 2.17. The number of nitrogens with zero attached hydrogens (tertiary/aromatic N) is 1. The number of nitriles is 1. The number of rotatable bonds is 6. The average molecular weight is 263 g/mol. The summed E-state index contributed by atoms with van der Waals surface area (Å²) in [6.07, 6.45) is 0.0184. The van der Waals surface area contributed by atoms with E-state index in [1.54, 1.807) is 32.2 Å². The summed E-state index contributed by atoms with van der Waals surface area (Å²) in [7, 11) is 1.58. The van der Waals surface area contributed by atoms with Crippen molar-refractivity contribution in [1.29, 1.82) is 5.26 Å². The standard InChI is InChI=1S/C15H21NO3/c1-11(17)13-6-5-12(18-4)9-14(13)19-8-7-15(2,3)10-16/h5-6,9,11,17H,7-8H2,1-4H3. The van der Waals surface area contributed by atoms with Crippen LogP contribution in [0.2, 0.25) is 0 Å². The first kappa shape index (κ1) is 15.3. The van der Waals surface area contributed by atoms with E-state index in [0.717, 1.165) is 5.56 Å². The maximum atomic E-state index is 9.70. The Hall–Kier alpha value is -1.73. The van der Waals surface area contributed by atoms with Gasteiger partial charge in [0.1, 0.15) is 11.5 Å². The van der Waals surface area contributed by atoms with Crippen molar-refractivity contribution in [2.45, 2.75) is 33.3 Å². The molecule has 1 rings (SSSR count). The molecule has 0 aliphatic rings. The van der Waals surface area contributed by atoms with E-state index in [4.69, 9.17) is 14.7 Å². The van der Waals surface area contributed by atoms with E-state index >= 15 is 0 Å². The first-order valence-corrected chi connectivity index (χ1v) is 6.29. The summed E-state index contributed by atoms with van der Waals surface area (Å²) >= 11 is 0. The zero-order valence-electron chi connectivity index (χ0n) is 11.9. The van der Waals surface area contributed by atoms with Gasteiger partial charge in [0.25, 0.3) is 0 Å². The van der Waals surface area contributed by atoms with Crippen molar-refractivity contribution < 1.29 is 14.6 Å². The molecule has 104 valence electrons. The van der Waals surface area contributed by atoms with Gasteiger partial charge in [0, 0.05) is 11.6 Å². The van der Waals surface area contributed by atoms with Gasteiger partial charge in [-0.15, -0.1) is 0 Å². The molecule has 0 amide bonds. The van der Waals surface area contributed by atoms with Crippen molar-refractivity contribution >= 4 is 0 Å². The molecule has 1 atom stereocenters. The second kappa shape index (κ2) is 6.44. The predicted octanol–water partition coefficient (Wildman–Crippen LogP) is 3.07. The third-order valence-corrected chi connectivity index (χ3v) is 2.96. The van der Waals surface area contributed by atoms with E-state index in [0.29, 0.717) is 24.5 Å². The summed E-state index contributed by atoms with van der Waals surface area (Å²) in [5.74, 6) is 1.28. The fourth-order valence-corrected chi connectivity index (χ4v) is 1.58. The molecule has 4 heteroatoms. The SMILES string of the molecule is COc1ccc(C(C)O)c(OCCC(C)(C)C#N)c1. The molecule has 19 heavy (non-hydrogen) atoms. The highest BCUT2D eigenvalue weighted by molar-refractivity contribution is 5.41. The van der Waals surface area contributed by atoms with Crippen LogP contribution in [0.3, 0.4) is 0 Å². The van der Waals surface area contributed by atoms with Crippen LogP contribution in [0.25, 0.3) is 0 Å². The van der Waals surface area contributed by atoms with Gasteiger partial charge in [-0.3, -0.25) is 0 Å². The summed E-state index contributed by atoms with van der Waals surface area (Å²) in [4.78, 5) is 0. The molecular formula is C15H21NO3. The quantitative estimate of drug-likeness (QED) is 0.856. The Labute approximate surface area is 114 Å². The minimum Gasteiger partial charge on any atom is -0.497 e. The first-order chi connectivity index (χ1) is 8.89. The number of benzene rings is 1. The Kier molecular flexibility index (Phi) is 5.20. The smallest absolute Gasteiger partial charge is 0.128 e. The Bertz CT molecular complexity index is 461. The third kappa shape index (κ3) is 4.46. The Morgan fingerprint density at radius 2 is 2.11 bits per heavy atom. The minimum atomic E-state index is -0.607. The molecule has 0 fully saturated rings. The minimum absolute atomic E-state index is 0.413. The van der Waals surface area contributed by atoms with Crippen LogP contribution in [0.15, 0.2) is 18.2 Å². The van der Waals surface area contributed by atoms with Crippen molar-refractivity contribution in [3.8, 4) is 17.6 Å². The van der Waals surface area contributed by atoms with Crippen molar-refractivity contribution in [2.75, 3.05) is 13.7 Å². The van der Waals surface area contributed by atoms with E-state index in [9.17, 15) is 5.11 Å². The lowest BCUT2D eigenvalue weighted by Gasteiger charge is -2.18. The van der Waals surface area contributed by atoms with Gasteiger partial charge in [0.2, 0.25) is 0 Å². The van der Waals surface area contributed by atoms with E-state index in [1.807, 2.05) is 13.8 Å². The lowest BCUT2D eigenvalue weighted by molar-refractivity contribution is 0.188. The summed E-state index contributed by atoms with van der Waals surface area (Å²) in [6, 6.07) is 7.56. The van der Waals surface area contributed by atoms with Gasteiger partial charge in [-0.1, -0.05) is 0 Å². The van der Waals surface area contributed by atoms with Crippen molar-refractivity contribution in [3.05, 3.63) is 23.8 Å². The number of hydrogen-bond acceptors (Lipinski definition) is 4. The molecule has 0 radical (unpaired) electrons. The van der Waals surface area contributed by atoms with Crippen molar-refractivity contribution in [3.63, 3.8) is 0 Å². The molecule has 0 aliphatic heterocycles. The summed E-state index contributed by atoms with van der Waals surface area (Å²) in [5.41, 5.74) is 0.305. The fourth-order valence-electron chi connectivity index (χ4n) is 1.58. The van der Waals surface area contributed by atoms with Crippen molar-refractivity contribution in [1.82, 2.24) is 0 Å². The highest BCUT2D eigenvalue weighted by atomic mass is 16.5. The number of methoxy groups -OCH3 is 1. The second-order valence-electron chi connectivity index (χ2n) is 5.17. The van der Waals surface area contributed by atoms with Crippen LogP contribution < -0.4 is 9.47 Å². The van der Waals surface area contributed by atoms with Crippen LogP contribution >= 0.6 is 0 Å². The molecule has 0 spiro atoms. The number of aliphatic hydroxyl groups excluding tert-OH is 1. The lowest BCUT2D eigenvalue weighted by atomic mass is 9.92. The normalized spacial score (nSPS) is 12.6. The van der Waals surface area contributed by atoms with E-state index in [1.165, 1.54) is 0 Å². The molecule has 1 aromatic rings. The Morgan fingerprint density at radius 1 is 1.42 bits per heavy atom. The van der Waals surface area contributed by atoms with E-state index in [-0.39, 0.29) is 0 Å². The van der Waals surface area contributed by atoms with Crippen LogP contribution in [0.4, 0.5) is 0 Å². The first-order valence-electron chi connectivity index (χ1n) is 6.29. The van der Waals surface area contributed by atoms with Crippen LogP contribution in [-0.4, -0.2) is 18.8 Å². The molecular weight excluding hydrogens is 242 g/mol. The maximum Gasteiger partial charge on any atom is 0.128 e.